The zero-order valence-electron chi connectivity index (χ0n) is 11.6. The highest BCUT2D eigenvalue weighted by atomic mass is 32.1. The molecule has 0 bridgehead atoms. The van der Waals surface area contributed by atoms with Crippen LogP contribution in [0, 0.1) is 5.92 Å². The van der Waals surface area contributed by atoms with Crippen LogP contribution >= 0.6 is 11.3 Å². The van der Waals surface area contributed by atoms with Gasteiger partial charge in [0.15, 0.2) is 0 Å². The van der Waals surface area contributed by atoms with E-state index in [1.807, 2.05) is 6.07 Å². The summed E-state index contributed by atoms with van der Waals surface area (Å²) in [5.74, 6) is -0.263. The normalized spacial score (nSPS) is 11.2. The first-order valence-corrected chi connectivity index (χ1v) is 7.40. The first-order chi connectivity index (χ1) is 8.49. The van der Waals surface area contributed by atoms with Crippen molar-refractivity contribution in [2.24, 2.45) is 5.92 Å². The molecule has 0 atom stereocenters. The minimum Gasteiger partial charge on any atom is -0.477 e. The van der Waals surface area contributed by atoms with Crippen LogP contribution in [0.2, 0.25) is 0 Å². The van der Waals surface area contributed by atoms with Gasteiger partial charge < -0.3 is 10.0 Å². The maximum absolute atomic E-state index is 11.0. The number of aromatic carboxylic acids is 1. The van der Waals surface area contributed by atoms with Crippen molar-refractivity contribution in [2.75, 3.05) is 11.4 Å². The van der Waals surface area contributed by atoms with Gasteiger partial charge in [-0.2, -0.15) is 0 Å². The van der Waals surface area contributed by atoms with Crippen LogP contribution in [0.15, 0.2) is 12.1 Å². The molecular formula is C14H23NO2S. The van der Waals surface area contributed by atoms with Gasteiger partial charge in [-0.1, -0.05) is 27.7 Å². The predicted molar refractivity (Wildman–Crippen MR) is 77.8 cm³/mol. The first kappa shape index (κ1) is 15.0. The number of thiophene rings is 1. The third-order valence-corrected chi connectivity index (χ3v) is 4.14. The molecule has 1 rings (SSSR count). The zero-order valence-corrected chi connectivity index (χ0v) is 12.5. The van der Waals surface area contributed by atoms with Crippen LogP contribution in [0.5, 0.6) is 0 Å². The third kappa shape index (κ3) is 3.73. The Balaban J connectivity index is 2.96. The molecule has 1 aromatic rings. The molecule has 102 valence electrons. The third-order valence-electron chi connectivity index (χ3n) is 3.03. The highest BCUT2D eigenvalue weighted by Crippen LogP contribution is 2.30. The first-order valence-electron chi connectivity index (χ1n) is 6.59. The van der Waals surface area contributed by atoms with Crippen LogP contribution in [0.3, 0.4) is 0 Å². The molecule has 0 spiro atoms. The number of hydrogen-bond donors (Lipinski definition) is 1. The Labute approximate surface area is 113 Å². The Kier molecular flexibility index (Phi) is 5.66. The second-order valence-corrected chi connectivity index (χ2v) is 6.02. The number of carboxylic acids is 1. The molecule has 0 saturated carbocycles. The van der Waals surface area contributed by atoms with Crippen molar-refractivity contribution in [3.63, 3.8) is 0 Å². The van der Waals surface area contributed by atoms with E-state index in [9.17, 15) is 4.79 Å². The van der Waals surface area contributed by atoms with E-state index in [4.69, 9.17) is 5.11 Å². The summed E-state index contributed by atoms with van der Waals surface area (Å²) in [5.41, 5.74) is 0. The van der Waals surface area contributed by atoms with Crippen molar-refractivity contribution in [3.8, 4) is 0 Å². The second kappa shape index (κ2) is 6.78. The van der Waals surface area contributed by atoms with E-state index < -0.39 is 5.97 Å². The Morgan fingerprint density at radius 3 is 2.33 bits per heavy atom. The van der Waals surface area contributed by atoms with Gasteiger partial charge in [0, 0.05) is 12.6 Å². The fourth-order valence-electron chi connectivity index (χ4n) is 2.14. The zero-order chi connectivity index (χ0) is 13.7. The van der Waals surface area contributed by atoms with E-state index in [0.717, 1.165) is 24.4 Å². The van der Waals surface area contributed by atoms with Gasteiger partial charge in [-0.3, -0.25) is 0 Å². The van der Waals surface area contributed by atoms with Crippen LogP contribution in [0.1, 0.15) is 50.2 Å². The fraction of sp³-hybridized carbons (Fsp3) is 0.643. The van der Waals surface area contributed by atoms with Crippen LogP contribution in [-0.4, -0.2) is 23.7 Å². The van der Waals surface area contributed by atoms with Gasteiger partial charge in [0.2, 0.25) is 0 Å². The predicted octanol–water partition coefficient (Wildman–Crippen LogP) is 4.10. The van der Waals surface area contributed by atoms with Crippen molar-refractivity contribution < 1.29 is 9.90 Å². The summed E-state index contributed by atoms with van der Waals surface area (Å²) < 4.78 is 0. The lowest BCUT2D eigenvalue weighted by Crippen LogP contribution is -2.36. The Hall–Kier alpha value is -1.03. The van der Waals surface area contributed by atoms with Gasteiger partial charge in [-0.05, 0) is 30.9 Å². The van der Waals surface area contributed by atoms with Crippen molar-refractivity contribution in [3.05, 3.63) is 17.0 Å². The Bertz CT molecular complexity index is 383. The molecule has 0 fully saturated rings. The van der Waals surface area contributed by atoms with Gasteiger partial charge in [0.1, 0.15) is 4.88 Å². The fourth-order valence-corrected chi connectivity index (χ4v) is 3.06. The number of nitrogens with zero attached hydrogens (tertiary/aromatic N) is 1. The summed E-state index contributed by atoms with van der Waals surface area (Å²) in [6.07, 6.45) is 2.17. The second-order valence-electron chi connectivity index (χ2n) is 4.96. The van der Waals surface area contributed by atoms with E-state index in [1.165, 1.54) is 11.3 Å². The summed E-state index contributed by atoms with van der Waals surface area (Å²) in [5, 5.41) is 10.1. The number of hydrogen-bond acceptors (Lipinski definition) is 3. The van der Waals surface area contributed by atoms with Gasteiger partial charge in [0.05, 0.1) is 5.00 Å². The number of rotatable bonds is 7. The van der Waals surface area contributed by atoms with Crippen LogP contribution in [0.25, 0.3) is 0 Å². The lowest BCUT2D eigenvalue weighted by Gasteiger charge is -2.32. The summed E-state index contributed by atoms with van der Waals surface area (Å²) in [4.78, 5) is 13.7. The molecule has 0 saturated heterocycles. The van der Waals surface area contributed by atoms with Crippen molar-refractivity contribution in [2.45, 2.75) is 46.6 Å². The summed E-state index contributed by atoms with van der Waals surface area (Å²) in [7, 11) is 0. The monoisotopic (exact) mass is 269 g/mol. The summed E-state index contributed by atoms with van der Waals surface area (Å²) in [6.45, 7) is 9.74. The molecule has 4 heteroatoms. The minimum atomic E-state index is -0.833. The average molecular weight is 269 g/mol. The SMILES string of the molecule is CCC(CC)N(CC(C)C)c1ccc(C(=O)O)s1. The Morgan fingerprint density at radius 1 is 1.33 bits per heavy atom. The maximum Gasteiger partial charge on any atom is 0.345 e. The van der Waals surface area contributed by atoms with Gasteiger partial charge in [0.25, 0.3) is 0 Å². The van der Waals surface area contributed by atoms with Crippen molar-refractivity contribution in [1.29, 1.82) is 0 Å². The van der Waals surface area contributed by atoms with Crippen molar-refractivity contribution in [1.82, 2.24) is 0 Å². The Morgan fingerprint density at radius 2 is 1.94 bits per heavy atom. The topological polar surface area (TPSA) is 40.5 Å². The highest BCUT2D eigenvalue weighted by Gasteiger charge is 2.19. The van der Waals surface area contributed by atoms with Crippen LogP contribution < -0.4 is 4.90 Å². The van der Waals surface area contributed by atoms with Crippen LogP contribution in [0.4, 0.5) is 5.00 Å². The minimum absolute atomic E-state index is 0.421. The lowest BCUT2D eigenvalue weighted by atomic mass is 10.1. The summed E-state index contributed by atoms with van der Waals surface area (Å²) >= 11 is 1.38. The van der Waals surface area contributed by atoms with Gasteiger partial charge in [-0.15, -0.1) is 11.3 Å². The highest BCUT2D eigenvalue weighted by molar-refractivity contribution is 7.17. The van der Waals surface area contributed by atoms with Gasteiger partial charge in [-0.25, -0.2) is 4.79 Å². The average Bonchev–Trinajstić information content (AvgIpc) is 2.78. The standard InChI is InChI=1S/C14H23NO2S/c1-5-11(6-2)15(9-10(3)4)13-8-7-12(18-13)14(16)17/h7-8,10-11H,5-6,9H2,1-4H3,(H,16,17). The smallest absolute Gasteiger partial charge is 0.345 e. The van der Waals surface area contributed by atoms with Crippen molar-refractivity contribution >= 4 is 22.3 Å². The van der Waals surface area contributed by atoms with E-state index in [0.29, 0.717) is 16.8 Å². The van der Waals surface area contributed by atoms with Gasteiger partial charge >= 0.3 is 5.97 Å². The molecule has 18 heavy (non-hydrogen) atoms. The quantitative estimate of drug-likeness (QED) is 0.810. The van der Waals surface area contributed by atoms with E-state index in [2.05, 4.69) is 32.6 Å². The molecule has 0 aliphatic heterocycles. The van der Waals surface area contributed by atoms with Crippen LogP contribution in [-0.2, 0) is 0 Å². The van der Waals surface area contributed by atoms with E-state index in [1.54, 1.807) is 6.07 Å². The van der Waals surface area contributed by atoms with E-state index >= 15 is 0 Å². The molecule has 1 aromatic heterocycles. The molecule has 0 amide bonds. The lowest BCUT2D eigenvalue weighted by molar-refractivity contribution is 0.0702. The molecule has 0 aliphatic rings. The molecule has 1 N–H and O–H groups in total. The van der Waals surface area contributed by atoms with E-state index in [-0.39, 0.29) is 0 Å². The maximum atomic E-state index is 11.0. The molecule has 0 aromatic carbocycles. The molecular weight excluding hydrogens is 246 g/mol. The summed E-state index contributed by atoms with van der Waals surface area (Å²) in [6, 6.07) is 4.14. The molecule has 0 radical (unpaired) electrons. The molecule has 3 nitrogen and oxygen atoms in total. The molecule has 0 unspecified atom stereocenters. The molecule has 1 heterocycles. The largest absolute Gasteiger partial charge is 0.477 e. The number of anilines is 1. The number of carbonyl (C=O) groups is 1. The number of carboxylic acid groups (broad SMARTS) is 1. The molecule has 0 aliphatic carbocycles.